The molecule has 76 valence electrons. The quantitative estimate of drug-likeness (QED) is 0.760. The Balaban J connectivity index is 2.43. The number of anilines is 1. The maximum atomic E-state index is 5.71. The first-order valence-corrected chi connectivity index (χ1v) is 4.86. The van der Waals surface area contributed by atoms with Crippen LogP contribution in [0.1, 0.15) is 5.56 Å². The zero-order valence-electron chi connectivity index (χ0n) is 8.66. The minimum absolute atomic E-state index is 0.418. The summed E-state index contributed by atoms with van der Waals surface area (Å²) in [5.41, 5.74) is 8.25. The SMILES string of the molecule is COc1cccc2c1N(C)C(CN)C2. The van der Waals surface area contributed by atoms with Crippen LogP contribution in [0.4, 0.5) is 5.69 Å². The topological polar surface area (TPSA) is 38.5 Å². The molecule has 0 amide bonds. The zero-order chi connectivity index (χ0) is 10.1. The molecule has 2 rings (SSSR count). The van der Waals surface area contributed by atoms with E-state index >= 15 is 0 Å². The summed E-state index contributed by atoms with van der Waals surface area (Å²) in [5.74, 6) is 0.945. The third-order valence-corrected chi connectivity index (χ3v) is 2.93. The molecule has 0 spiro atoms. The number of hydrogen-bond acceptors (Lipinski definition) is 3. The number of nitrogens with two attached hydrogens (primary N) is 1. The summed E-state index contributed by atoms with van der Waals surface area (Å²) < 4.78 is 5.34. The second-order valence-electron chi connectivity index (χ2n) is 3.67. The first kappa shape index (κ1) is 9.34. The molecule has 14 heavy (non-hydrogen) atoms. The largest absolute Gasteiger partial charge is 0.495 e. The fraction of sp³-hybridized carbons (Fsp3) is 0.455. The van der Waals surface area contributed by atoms with Gasteiger partial charge in [-0.2, -0.15) is 0 Å². The van der Waals surface area contributed by atoms with Gasteiger partial charge in [0.15, 0.2) is 0 Å². The van der Waals surface area contributed by atoms with Gasteiger partial charge in [0.2, 0.25) is 0 Å². The number of nitrogens with zero attached hydrogens (tertiary/aromatic N) is 1. The summed E-state index contributed by atoms with van der Waals surface area (Å²) in [5, 5.41) is 0. The molecular weight excluding hydrogens is 176 g/mol. The van der Waals surface area contributed by atoms with E-state index in [0.29, 0.717) is 12.6 Å². The second-order valence-corrected chi connectivity index (χ2v) is 3.67. The molecule has 0 fully saturated rings. The number of benzene rings is 1. The van der Waals surface area contributed by atoms with E-state index in [9.17, 15) is 0 Å². The lowest BCUT2D eigenvalue weighted by molar-refractivity contribution is 0.415. The highest BCUT2D eigenvalue weighted by atomic mass is 16.5. The molecule has 1 unspecified atom stereocenters. The van der Waals surface area contributed by atoms with Crippen LogP contribution < -0.4 is 15.4 Å². The van der Waals surface area contributed by atoms with Crippen LogP contribution in [0.15, 0.2) is 18.2 Å². The molecule has 0 radical (unpaired) electrons. The van der Waals surface area contributed by atoms with E-state index in [1.807, 2.05) is 12.1 Å². The number of methoxy groups -OCH3 is 1. The van der Waals surface area contributed by atoms with Gasteiger partial charge in [-0.05, 0) is 18.1 Å². The van der Waals surface area contributed by atoms with Gasteiger partial charge in [0.1, 0.15) is 5.75 Å². The Morgan fingerprint density at radius 2 is 2.36 bits per heavy atom. The number of hydrogen-bond donors (Lipinski definition) is 1. The normalized spacial score (nSPS) is 19.6. The monoisotopic (exact) mass is 192 g/mol. The van der Waals surface area contributed by atoms with Crippen LogP contribution in [0, 0.1) is 0 Å². The van der Waals surface area contributed by atoms with Gasteiger partial charge >= 0.3 is 0 Å². The maximum Gasteiger partial charge on any atom is 0.142 e. The van der Waals surface area contributed by atoms with Gasteiger partial charge in [-0.25, -0.2) is 0 Å². The molecule has 0 saturated heterocycles. The molecule has 1 aliphatic rings. The number of ether oxygens (including phenoxy) is 1. The van der Waals surface area contributed by atoms with Gasteiger partial charge in [-0.15, -0.1) is 0 Å². The summed E-state index contributed by atoms with van der Waals surface area (Å²) in [6, 6.07) is 6.59. The van der Waals surface area contributed by atoms with Crippen molar-refractivity contribution >= 4 is 5.69 Å². The van der Waals surface area contributed by atoms with Crippen molar-refractivity contribution in [3.8, 4) is 5.75 Å². The zero-order valence-corrected chi connectivity index (χ0v) is 8.66. The van der Waals surface area contributed by atoms with E-state index in [4.69, 9.17) is 10.5 Å². The molecule has 1 aliphatic heterocycles. The first-order chi connectivity index (χ1) is 6.77. The van der Waals surface area contributed by atoms with Gasteiger partial charge in [0, 0.05) is 19.6 Å². The highest BCUT2D eigenvalue weighted by Gasteiger charge is 2.27. The first-order valence-electron chi connectivity index (χ1n) is 4.86. The van der Waals surface area contributed by atoms with E-state index in [1.165, 1.54) is 11.3 Å². The highest BCUT2D eigenvalue weighted by molar-refractivity contribution is 5.67. The number of fused-ring (bicyclic) bond motifs is 1. The average molecular weight is 192 g/mol. The molecule has 0 aromatic heterocycles. The van der Waals surface area contributed by atoms with Crippen molar-refractivity contribution < 1.29 is 4.74 Å². The van der Waals surface area contributed by atoms with Crippen LogP contribution in [0.5, 0.6) is 5.75 Å². The predicted molar refractivity (Wildman–Crippen MR) is 57.9 cm³/mol. The number of para-hydroxylation sites is 1. The molecular formula is C11H16N2O. The fourth-order valence-electron chi connectivity index (χ4n) is 2.11. The van der Waals surface area contributed by atoms with Crippen molar-refractivity contribution in [2.75, 3.05) is 25.6 Å². The van der Waals surface area contributed by atoms with E-state index < -0.39 is 0 Å². The molecule has 0 saturated carbocycles. The molecule has 1 aromatic rings. The van der Waals surface area contributed by atoms with Gasteiger partial charge in [0.25, 0.3) is 0 Å². The highest BCUT2D eigenvalue weighted by Crippen LogP contribution is 2.38. The van der Waals surface area contributed by atoms with Crippen molar-refractivity contribution in [2.24, 2.45) is 5.73 Å². The van der Waals surface area contributed by atoms with Crippen molar-refractivity contribution in [2.45, 2.75) is 12.5 Å². The third kappa shape index (κ3) is 1.24. The minimum Gasteiger partial charge on any atom is -0.495 e. The van der Waals surface area contributed by atoms with E-state index in [1.54, 1.807) is 7.11 Å². The minimum atomic E-state index is 0.418. The van der Waals surface area contributed by atoms with Gasteiger partial charge in [-0.3, -0.25) is 0 Å². The Hall–Kier alpha value is -1.22. The van der Waals surface area contributed by atoms with Crippen LogP contribution in [-0.2, 0) is 6.42 Å². The molecule has 1 heterocycles. The van der Waals surface area contributed by atoms with Gasteiger partial charge in [0.05, 0.1) is 12.8 Å². The fourth-order valence-corrected chi connectivity index (χ4v) is 2.11. The van der Waals surface area contributed by atoms with E-state index in [2.05, 4.69) is 18.0 Å². The standard InChI is InChI=1S/C11H16N2O/c1-13-9(7-12)6-8-4-3-5-10(14-2)11(8)13/h3-5,9H,6-7,12H2,1-2H3. The molecule has 3 heteroatoms. The summed E-state index contributed by atoms with van der Waals surface area (Å²) >= 11 is 0. The van der Waals surface area contributed by atoms with Crippen LogP contribution in [0.3, 0.4) is 0 Å². The molecule has 3 nitrogen and oxygen atoms in total. The predicted octanol–water partition coefficient (Wildman–Crippen LogP) is 1.01. The van der Waals surface area contributed by atoms with Crippen LogP contribution in [-0.4, -0.2) is 26.7 Å². The Morgan fingerprint density at radius 3 is 3.00 bits per heavy atom. The van der Waals surface area contributed by atoms with E-state index in [-0.39, 0.29) is 0 Å². The lowest BCUT2D eigenvalue weighted by atomic mass is 10.1. The Bertz CT molecular complexity index is 338. The van der Waals surface area contributed by atoms with Crippen LogP contribution in [0.25, 0.3) is 0 Å². The average Bonchev–Trinajstić information content (AvgIpc) is 2.55. The third-order valence-electron chi connectivity index (χ3n) is 2.93. The molecule has 0 aliphatic carbocycles. The molecule has 0 bridgehead atoms. The van der Waals surface area contributed by atoms with Gasteiger partial charge < -0.3 is 15.4 Å². The van der Waals surface area contributed by atoms with Crippen molar-refractivity contribution in [1.82, 2.24) is 0 Å². The maximum absolute atomic E-state index is 5.71. The molecule has 2 N–H and O–H groups in total. The Kier molecular flexibility index (Phi) is 2.33. The number of likely N-dealkylation sites (N-methyl/N-ethyl adjacent to an activating group) is 1. The van der Waals surface area contributed by atoms with Crippen molar-refractivity contribution in [1.29, 1.82) is 0 Å². The van der Waals surface area contributed by atoms with E-state index in [0.717, 1.165) is 12.2 Å². The summed E-state index contributed by atoms with van der Waals surface area (Å²) in [7, 11) is 3.78. The van der Waals surface area contributed by atoms with Crippen molar-refractivity contribution in [3.05, 3.63) is 23.8 Å². The lowest BCUT2D eigenvalue weighted by Crippen LogP contribution is -2.34. The summed E-state index contributed by atoms with van der Waals surface area (Å²) in [6.07, 6.45) is 1.03. The lowest BCUT2D eigenvalue weighted by Gasteiger charge is -2.22. The van der Waals surface area contributed by atoms with Crippen LogP contribution >= 0.6 is 0 Å². The molecule has 1 atom stereocenters. The smallest absolute Gasteiger partial charge is 0.142 e. The van der Waals surface area contributed by atoms with Crippen LogP contribution in [0.2, 0.25) is 0 Å². The Morgan fingerprint density at radius 1 is 1.57 bits per heavy atom. The summed E-state index contributed by atoms with van der Waals surface area (Å²) in [4.78, 5) is 2.22. The second kappa shape index (κ2) is 3.50. The molecule has 1 aromatic carbocycles. The van der Waals surface area contributed by atoms with Crippen molar-refractivity contribution in [3.63, 3.8) is 0 Å². The summed E-state index contributed by atoms with van der Waals surface area (Å²) in [6.45, 7) is 0.689. The Labute approximate surface area is 84.5 Å². The van der Waals surface area contributed by atoms with Gasteiger partial charge in [-0.1, -0.05) is 12.1 Å². The number of rotatable bonds is 2.